The summed E-state index contributed by atoms with van der Waals surface area (Å²) in [6.45, 7) is 0. The predicted octanol–water partition coefficient (Wildman–Crippen LogP) is 3.63. The van der Waals surface area contributed by atoms with E-state index in [4.69, 9.17) is 0 Å². The van der Waals surface area contributed by atoms with Crippen molar-refractivity contribution in [2.24, 2.45) is 0 Å². The van der Waals surface area contributed by atoms with Crippen molar-refractivity contribution in [3.63, 3.8) is 0 Å². The van der Waals surface area contributed by atoms with Crippen LogP contribution in [0.25, 0.3) is 10.8 Å². The molecule has 74 heavy (non-hydrogen) atoms. The van der Waals surface area contributed by atoms with Crippen LogP contribution in [0.3, 0.4) is 0 Å². The molecule has 0 spiro atoms. The zero-order chi connectivity index (χ0) is 55.2. The van der Waals surface area contributed by atoms with E-state index in [2.05, 4.69) is 0 Å². The van der Waals surface area contributed by atoms with Crippen LogP contribution >= 0.6 is 0 Å². The van der Waals surface area contributed by atoms with Gasteiger partial charge in [-0.15, -0.1) is 0 Å². The Morgan fingerprint density at radius 1 is 0.270 bits per heavy atom. The molecule has 6 aromatic carbocycles. The SMILES string of the molecule is O=C(O)c1cc(NS(=O)(=O)c2cc(S(=O)(=O)Nc3cc(C(=O)O)cc(C(=O)O)c3)c3c(S(=O)(=O)Nc4cc(C(=O)O)cc(C(=O)O)c4)cc(S(=O)(=O)Nc4cc(C(=O)O)cc(C(=O)O)c4)cc3c2)cc(C(=O)O)c1. The number of anilines is 4. The summed E-state index contributed by atoms with van der Waals surface area (Å²) in [4.78, 5) is 89.6. The highest BCUT2D eigenvalue weighted by Gasteiger charge is 2.33. The molecule has 0 amide bonds. The fourth-order valence-electron chi connectivity index (χ4n) is 6.70. The van der Waals surface area contributed by atoms with Crippen molar-refractivity contribution in [3.05, 3.63) is 142 Å². The van der Waals surface area contributed by atoms with Crippen LogP contribution in [0.5, 0.6) is 0 Å². The minimum Gasteiger partial charge on any atom is -0.478 e. The number of benzene rings is 6. The fourth-order valence-corrected chi connectivity index (χ4v) is 11.8. The first kappa shape index (κ1) is 53.7. The average molecular weight is 1100 g/mol. The zero-order valence-electron chi connectivity index (χ0n) is 36.0. The van der Waals surface area contributed by atoms with Gasteiger partial charge in [0, 0.05) is 5.39 Å². The standard InChI is InChI=1S/C42H28N4O24S4/c47-35(48)18-1-19(36(49)50)6-26(5-18)43-71(63,64)30-13-17-14-31(72(65,66)44-27-7-20(37(51)52)2-21(8-27)38(53)54)16-33(74(69,70)46-29-11-24(41(59)60)4-25(12-29)42(61)62)34(17)32(15-30)73(67,68)45-28-9-22(39(55)56)3-23(10-28)40(57)58/h1-16,43-46H,(H,47,48)(H,49,50)(H,51,52)(H,53,54)(H,55,56)(H,57,58)(H,59,60)(H,61,62). The molecule has 0 saturated carbocycles. The third-order valence-electron chi connectivity index (χ3n) is 9.84. The Balaban J connectivity index is 1.74. The van der Waals surface area contributed by atoms with Gasteiger partial charge < -0.3 is 40.9 Å². The van der Waals surface area contributed by atoms with Crippen LogP contribution in [0.4, 0.5) is 22.7 Å². The number of aromatic carboxylic acids is 8. The topological polar surface area (TPSA) is 483 Å². The number of hydrogen-bond donors (Lipinski definition) is 12. The minimum atomic E-state index is -5.74. The van der Waals surface area contributed by atoms with Gasteiger partial charge >= 0.3 is 47.8 Å². The van der Waals surface area contributed by atoms with E-state index in [1.807, 2.05) is 9.44 Å². The van der Waals surface area contributed by atoms with E-state index < -0.39 is 185 Å². The van der Waals surface area contributed by atoms with E-state index in [9.17, 15) is 113 Å². The molecule has 0 aliphatic heterocycles. The lowest BCUT2D eigenvalue weighted by atomic mass is 10.1. The number of carboxylic acids is 8. The second-order valence-corrected chi connectivity index (χ2v) is 21.7. The lowest BCUT2D eigenvalue weighted by Gasteiger charge is -2.19. The number of nitrogens with one attached hydrogen (secondary N) is 4. The van der Waals surface area contributed by atoms with E-state index >= 15 is 0 Å². The number of fused-ring (bicyclic) bond motifs is 1. The summed E-state index contributed by atoms with van der Waals surface area (Å²) in [7, 11) is -22.4. The van der Waals surface area contributed by atoms with Crippen LogP contribution in [0, 0.1) is 0 Å². The minimum absolute atomic E-state index is 0.204. The highest BCUT2D eigenvalue weighted by atomic mass is 32.2. The smallest absolute Gasteiger partial charge is 0.335 e. The van der Waals surface area contributed by atoms with Crippen molar-refractivity contribution >= 4 is 121 Å². The average Bonchev–Trinajstić information content (AvgIpc) is 3.29. The quantitative estimate of drug-likeness (QED) is 0.0519. The molecule has 0 radical (unpaired) electrons. The number of carbonyl (C=O) groups is 8. The van der Waals surface area contributed by atoms with Gasteiger partial charge in [0.2, 0.25) is 0 Å². The van der Waals surface area contributed by atoms with Crippen LogP contribution in [-0.2, 0) is 40.1 Å². The zero-order valence-corrected chi connectivity index (χ0v) is 39.2. The van der Waals surface area contributed by atoms with E-state index in [-0.39, 0.29) is 12.1 Å². The van der Waals surface area contributed by atoms with Gasteiger partial charge in [-0.05, 0) is 102 Å². The molecule has 0 bridgehead atoms. The second-order valence-electron chi connectivity index (χ2n) is 15.0. The van der Waals surface area contributed by atoms with Crippen molar-refractivity contribution in [2.45, 2.75) is 19.6 Å². The van der Waals surface area contributed by atoms with Crippen LogP contribution < -0.4 is 18.9 Å². The lowest BCUT2D eigenvalue weighted by Crippen LogP contribution is -2.21. The summed E-state index contributed by atoms with van der Waals surface area (Å²) in [6, 6.07) is 8.36. The van der Waals surface area contributed by atoms with E-state index in [0.717, 1.165) is 0 Å². The molecule has 6 rings (SSSR count). The Kier molecular flexibility index (Phi) is 14.2. The molecular formula is C42H28N4O24S4. The van der Waals surface area contributed by atoms with Crippen LogP contribution in [0.15, 0.2) is 117 Å². The van der Waals surface area contributed by atoms with Crippen LogP contribution in [0.2, 0.25) is 0 Å². The molecule has 384 valence electrons. The molecule has 12 N–H and O–H groups in total. The Bertz CT molecular complexity index is 3620. The maximum absolute atomic E-state index is 14.7. The Hall–Kier alpha value is -9.66. The largest absolute Gasteiger partial charge is 0.478 e. The molecule has 0 fully saturated rings. The number of rotatable bonds is 20. The van der Waals surface area contributed by atoms with Gasteiger partial charge in [-0.25, -0.2) is 72.0 Å². The van der Waals surface area contributed by atoms with Crippen molar-refractivity contribution < 1.29 is 113 Å². The van der Waals surface area contributed by atoms with E-state index in [0.29, 0.717) is 84.9 Å². The van der Waals surface area contributed by atoms with Gasteiger partial charge in [-0.1, -0.05) is 0 Å². The molecule has 0 saturated heterocycles. The molecular weight excluding hydrogens is 1070 g/mol. The first-order valence-electron chi connectivity index (χ1n) is 19.4. The highest BCUT2D eigenvalue weighted by molar-refractivity contribution is 7.94. The normalized spacial score (nSPS) is 11.7. The lowest BCUT2D eigenvalue weighted by molar-refractivity contribution is 0.0676. The highest BCUT2D eigenvalue weighted by Crippen LogP contribution is 2.38. The summed E-state index contributed by atoms with van der Waals surface area (Å²) in [5.41, 5.74) is -10.1. The van der Waals surface area contributed by atoms with Crippen LogP contribution in [-0.4, -0.2) is 122 Å². The first-order chi connectivity index (χ1) is 34.2. The second kappa shape index (κ2) is 19.5. The van der Waals surface area contributed by atoms with E-state index in [1.54, 1.807) is 9.44 Å². The maximum atomic E-state index is 14.7. The molecule has 0 unspecified atom stereocenters. The molecule has 6 aromatic rings. The Morgan fingerprint density at radius 3 is 0.649 bits per heavy atom. The van der Waals surface area contributed by atoms with E-state index in [1.165, 1.54) is 0 Å². The van der Waals surface area contributed by atoms with Crippen LogP contribution in [0.1, 0.15) is 82.9 Å². The molecule has 0 aliphatic carbocycles. The first-order valence-corrected chi connectivity index (χ1v) is 25.3. The number of sulfonamides is 4. The third kappa shape index (κ3) is 11.6. The van der Waals surface area contributed by atoms with Gasteiger partial charge in [0.1, 0.15) is 0 Å². The molecule has 0 aromatic heterocycles. The maximum Gasteiger partial charge on any atom is 0.335 e. The Labute approximate surface area is 412 Å². The number of hydrogen-bond acceptors (Lipinski definition) is 16. The summed E-state index contributed by atoms with van der Waals surface area (Å²) in [5, 5.41) is 74.8. The monoisotopic (exact) mass is 1100 g/mol. The predicted molar refractivity (Wildman–Crippen MR) is 249 cm³/mol. The number of carboxylic acid groups (broad SMARTS) is 8. The van der Waals surface area contributed by atoms with Gasteiger partial charge in [0.15, 0.2) is 0 Å². The Morgan fingerprint density at radius 2 is 0.459 bits per heavy atom. The summed E-state index contributed by atoms with van der Waals surface area (Å²) >= 11 is 0. The molecule has 28 nitrogen and oxygen atoms in total. The third-order valence-corrected chi connectivity index (χ3v) is 15.4. The van der Waals surface area contributed by atoms with Crippen molar-refractivity contribution in [1.29, 1.82) is 0 Å². The van der Waals surface area contributed by atoms with Gasteiger partial charge in [-0.2, -0.15) is 0 Å². The molecule has 32 heteroatoms. The van der Waals surface area contributed by atoms with Gasteiger partial charge in [0.25, 0.3) is 40.1 Å². The van der Waals surface area contributed by atoms with Gasteiger partial charge in [-0.3, -0.25) is 18.9 Å². The summed E-state index contributed by atoms with van der Waals surface area (Å²) < 4.78 is 123. The fraction of sp³-hybridized carbons (Fsp3) is 0. The molecule has 0 aliphatic rings. The molecule has 0 atom stereocenters. The summed E-state index contributed by atoms with van der Waals surface area (Å²) in [6.07, 6.45) is 0. The van der Waals surface area contributed by atoms with Crippen molar-refractivity contribution in [2.75, 3.05) is 18.9 Å². The van der Waals surface area contributed by atoms with Crippen molar-refractivity contribution in [1.82, 2.24) is 0 Å². The van der Waals surface area contributed by atoms with Gasteiger partial charge in [0.05, 0.1) is 86.8 Å². The van der Waals surface area contributed by atoms with Crippen molar-refractivity contribution in [3.8, 4) is 0 Å². The summed E-state index contributed by atoms with van der Waals surface area (Å²) in [5.74, 6) is -14.4. The molecule has 0 heterocycles.